The van der Waals surface area contributed by atoms with E-state index >= 15 is 0 Å². The van der Waals surface area contributed by atoms with Crippen LogP contribution in [0.4, 0.5) is 0 Å². The number of hydrogen-bond donors (Lipinski definition) is 1. The van der Waals surface area contributed by atoms with Gasteiger partial charge in [0.2, 0.25) is 10.0 Å². The second kappa shape index (κ2) is 4.83. The zero-order chi connectivity index (χ0) is 13.4. The smallest absolute Gasteiger partial charge is 0.244 e. The minimum atomic E-state index is -3.55. The third-order valence-corrected chi connectivity index (χ3v) is 5.41. The molecule has 1 saturated carbocycles. The van der Waals surface area contributed by atoms with Crippen molar-refractivity contribution in [1.29, 1.82) is 0 Å². The van der Waals surface area contributed by atoms with Crippen LogP contribution in [0.15, 0.2) is 27.6 Å². The largest absolute Gasteiger partial charge is 0.495 e. The Morgan fingerprint density at radius 1 is 1.39 bits per heavy atom. The maximum atomic E-state index is 12.4. The summed E-state index contributed by atoms with van der Waals surface area (Å²) < 4.78 is 33.3. The Balaban J connectivity index is 2.37. The number of rotatable bonds is 4. The first kappa shape index (κ1) is 13.8. The predicted octanol–water partition coefficient (Wildman–Crippen LogP) is 2.68. The van der Waals surface area contributed by atoms with Crippen molar-refractivity contribution < 1.29 is 13.2 Å². The van der Waals surface area contributed by atoms with Crippen LogP contribution >= 0.6 is 15.9 Å². The van der Waals surface area contributed by atoms with E-state index in [9.17, 15) is 8.42 Å². The maximum Gasteiger partial charge on any atom is 0.244 e. The average Bonchev–Trinajstić information content (AvgIpc) is 2.26. The molecule has 0 amide bonds. The number of sulfonamides is 1. The first-order valence-electron chi connectivity index (χ1n) is 5.74. The summed E-state index contributed by atoms with van der Waals surface area (Å²) in [5.74, 6) is 0.355. The molecule has 0 atom stereocenters. The summed E-state index contributed by atoms with van der Waals surface area (Å²) in [5.41, 5.74) is -0.313. The molecule has 0 aliphatic heterocycles. The van der Waals surface area contributed by atoms with Crippen LogP contribution in [0.3, 0.4) is 0 Å². The summed E-state index contributed by atoms with van der Waals surface area (Å²) in [5, 5.41) is 0. The molecule has 0 unspecified atom stereocenters. The van der Waals surface area contributed by atoms with Gasteiger partial charge in [-0.2, -0.15) is 0 Å². The molecule has 1 N–H and O–H groups in total. The highest BCUT2D eigenvalue weighted by atomic mass is 79.9. The molecule has 6 heteroatoms. The fourth-order valence-electron chi connectivity index (χ4n) is 2.05. The summed E-state index contributed by atoms with van der Waals surface area (Å²) in [4.78, 5) is 0.174. The SMILES string of the molecule is COc1ccc(Br)cc1S(=O)(=O)NC1(C)CCC1. The highest BCUT2D eigenvalue weighted by Crippen LogP contribution is 2.34. The molecule has 1 aliphatic carbocycles. The third kappa shape index (κ3) is 2.70. The fraction of sp³-hybridized carbons (Fsp3) is 0.500. The van der Waals surface area contributed by atoms with Crippen molar-refractivity contribution in [2.24, 2.45) is 0 Å². The minimum absolute atomic E-state index is 0.174. The van der Waals surface area contributed by atoms with Crippen molar-refractivity contribution >= 4 is 26.0 Å². The van der Waals surface area contributed by atoms with Crippen molar-refractivity contribution in [3.05, 3.63) is 22.7 Å². The molecule has 0 heterocycles. The second-order valence-corrected chi connectivity index (χ2v) is 7.38. The van der Waals surface area contributed by atoms with Crippen LogP contribution < -0.4 is 9.46 Å². The Hall–Kier alpha value is -0.590. The molecule has 1 aliphatic rings. The Bertz CT molecular complexity index is 552. The van der Waals surface area contributed by atoms with Crippen LogP contribution in [0.1, 0.15) is 26.2 Å². The lowest BCUT2D eigenvalue weighted by Crippen LogP contribution is -2.50. The maximum absolute atomic E-state index is 12.4. The van der Waals surface area contributed by atoms with E-state index in [1.165, 1.54) is 7.11 Å². The number of ether oxygens (including phenoxy) is 1. The first-order chi connectivity index (χ1) is 8.36. The van der Waals surface area contributed by atoms with Gasteiger partial charge in [0.25, 0.3) is 0 Å². The van der Waals surface area contributed by atoms with Gasteiger partial charge in [0.15, 0.2) is 0 Å². The molecule has 18 heavy (non-hydrogen) atoms. The van der Waals surface area contributed by atoms with Gasteiger partial charge in [-0.15, -0.1) is 0 Å². The Labute approximate surface area is 116 Å². The summed E-state index contributed by atoms with van der Waals surface area (Å²) in [7, 11) is -2.08. The lowest BCUT2D eigenvalue weighted by Gasteiger charge is -2.38. The van der Waals surface area contributed by atoms with Crippen molar-refractivity contribution in [1.82, 2.24) is 4.72 Å². The highest BCUT2D eigenvalue weighted by Gasteiger charge is 2.37. The Morgan fingerprint density at radius 2 is 2.06 bits per heavy atom. The van der Waals surface area contributed by atoms with Gasteiger partial charge in [-0.1, -0.05) is 15.9 Å². The van der Waals surface area contributed by atoms with Gasteiger partial charge in [0.1, 0.15) is 10.6 Å². The molecule has 1 aromatic carbocycles. The molecular formula is C12H16BrNO3S. The number of benzene rings is 1. The highest BCUT2D eigenvalue weighted by molar-refractivity contribution is 9.10. The van der Waals surface area contributed by atoms with Crippen LogP contribution in [-0.2, 0) is 10.0 Å². The topological polar surface area (TPSA) is 55.4 Å². The first-order valence-corrected chi connectivity index (χ1v) is 8.01. The van der Waals surface area contributed by atoms with Crippen LogP contribution in [-0.4, -0.2) is 21.1 Å². The fourth-order valence-corrected chi connectivity index (χ4v) is 4.22. The summed E-state index contributed by atoms with van der Waals surface area (Å²) in [6.45, 7) is 1.93. The normalized spacial score (nSPS) is 18.2. The van der Waals surface area contributed by atoms with E-state index in [2.05, 4.69) is 20.7 Å². The Morgan fingerprint density at radius 3 is 2.56 bits per heavy atom. The van der Waals surface area contributed by atoms with E-state index in [0.29, 0.717) is 10.2 Å². The van der Waals surface area contributed by atoms with Gasteiger partial charge in [-0.05, 0) is 44.4 Å². The van der Waals surface area contributed by atoms with E-state index in [0.717, 1.165) is 19.3 Å². The van der Waals surface area contributed by atoms with E-state index in [4.69, 9.17) is 4.74 Å². The standard InChI is InChI=1S/C12H16BrNO3S/c1-12(6-3-7-12)14-18(15,16)11-8-9(13)4-5-10(11)17-2/h4-5,8,14H,3,6-7H2,1-2H3. The average molecular weight is 334 g/mol. The van der Waals surface area contributed by atoms with Gasteiger partial charge < -0.3 is 4.74 Å². The molecule has 0 bridgehead atoms. The zero-order valence-corrected chi connectivity index (χ0v) is 12.8. The second-order valence-electron chi connectivity index (χ2n) is 4.81. The number of nitrogens with one attached hydrogen (secondary N) is 1. The molecule has 0 saturated heterocycles. The Kier molecular flexibility index (Phi) is 3.71. The van der Waals surface area contributed by atoms with Crippen molar-refractivity contribution in [2.45, 2.75) is 36.6 Å². The molecular weight excluding hydrogens is 318 g/mol. The lowest BCUT2D eigenvalue weighted by molar-refractivity contribution is 0.247. The lowest BCUT2D eigenvalue weighted by atomic mass is 9.80. The van der Waals surface area contributed by atoms with Crippen LogP contribution in [0.25, 0.3) is 0 Å². The van der Waals surface area contributed by atoms with Gasteiger partial charge in [-0.25, -0.2) is 13.1 Å². The van der Waals surface area contributed by atoms with Crippen LogP contribution in [0, 0.1) is 0 Å². The molecule has 4 nitrogen and oxygen atoms in total. The predicted molar refractivity (Wildman–Crippen MR) is 73.3 cm³/mol. The van der Waals surface area contributed by atoms with Crippen molar-refractivity contribution in [3.8, 4) is 5.75 Å². The summed E-state index contributed by atoms with van der Waals surface area (Å²) in [6, 6.07) is 4.95. The molecule has 100 valence electrons. The van der Waals surface area contributed by atoms with Crippen molar-refractivity contribution in [2.75, 3.05) is 7.11 Å². The van der Waals surface area contributed by atoms with Gasteiger partial charge in [-0.3, -0.25) is 0 Å². The van der Waals surface area contributed by atoms with E-state index in [-0.39, 0.29) is 10.4 Å². The molecule has 0 spiro atoms. The molecule has 1 aromatic rings. The monoisotopic (exact) mass is 333 g/mol. The van der Waals surface area contributed by atoms with E-state index in [1.54, 1.807) is 18.2 Å². The van der Waals surface area contributed by atoms with Crippen LogP contribution in [0.2, 0.25) is 0 Å². The van der Waals surface area contributed by atoms with E-state index < -0.39 is 10.0 Å². The van der Waals surface area contributed by atoms with Gasteiger partial charge >= 0.3 is 0 Å². The molecule has 0 radical (unpaired) electrons. The quantitative estimate of drug-likeness (QED) is 0.921. The molecule has 0 aromatic heterocycles. The van der Waals surface area contributed by atoms with Gasteiger partial charge in [0, 0.05) is 10.0 Å². The molecule has 1 fully saturated rings. The number of hydrogen-bond acceptors (Lipinski definition) is 3. The van der Waals surface area contributed by atoms with Crippen LogP contribution in [0.5, 0.6) is 5.75 Å². The van der Waals surface area contributed by atoms with Gasteiger partial charge in [0.05, 0.1) is 7.11 Å². The third-order valence-electron chi connectivity index (χ3n) is 3.25. The summed E-state index contributed by atoms with van der Waals surface area (Å²) >= 11 is 3.28. The molecule has 2 rings (SSSR count). The van der Waals surface area contributed by atoms with E-state index in [1.807, 2.05) is 6.92 Å². The number of methoxy groups -OCH3 is 1. The summed E-state index contributed by atoms with van der Waals surface area (Å²) in [6.07, 6.45) is 2.82. The zero-order valence-electron chi connectivity index (χ0n) is 10.4. The van der Waals surface area contributed by atoms with Crippen molar-refractivity contribution in [3.63, 3.8) is 0 Å². The number of halogens is 1. The minimum Gasteiger partial charge on any atom is -0.495 e.